The molecule has 1 amide bonds. The Bertz CT molecular complexity index is 720. The van der Waals surface area contributed by atoms with E-state index in [2.05, 4.69) is 10.3 Å². The van der Waals surface area contributed by atoms with E-state index in [1.165, 1.54) is 6.07 Å². The summed E-state index contributed by atoms with van der Waals surface area (Å²) in [6, 6.07) is 7.19. The minimum absolute atomic E-state index is 0.175. The molecule has 21 heavy (non-hydrogen) atoms. The average molecular weight is 286 g/mol. The van der Waals surface area contributed by atoms with Gasteiger partial charge in [0.2, 0.25) is 5.43 Å². The molecule has 1 aromatic heterocycles. The number of hydrogen-bond acceptors (Lipinski definition) is 3. The maximum absolute atomic E-state index is 11.9. The molecule has 2 N–H and O–H groups in total. The standard InChI is InChI=1S/C16H18N2O3/c1-10-4-5-11(2)13(8-10)18-15(20)9-21-16-12(3)17-7-6-14(16)19/h4-8H,9H2,1-3H3,(H,17,19)(H,18,20). The number of pyridine rings is 1. The van der Waals surface area contributed by atoms with Crippen LogP contribution in [0, 0.1) is 20.8 Å². The quantitative estimate of drug-likeness (QED) is 0.906. The number of hydrogen-bond donors (Lipinski definition) is 2. The van der Waals surface area contributed by atoms with Crippen molar-refractivity contribution in [3.05, 3.63) is 57.5 Å². The third-order valence-electron chi connectivity index (χ3n) is 3.11. The van der Waals surface area contributed by atoms with Gasteiger partial charge in [0.25, 0.3) is 5.91 Å². The SMILES string of the molecule is Cc1ccc(C)c(NC(=O)COc2c(C)[nH]ccc2=O)c1. The van der Waals surface area contributed by atoms with Crippen LogP contribution in [-0.2, 0) is 4.79 Å². The minimum atomic E-state index is -0.300. The number of H-pyrrole nitrogens is 1. The molecule has 0 saturated carbocycles. The first-order valence-corrected chi connectivity index (χ1v) is 6.65. The van der Waals surface area contributed by atoms with Crippen molar-refractivity contribution in [3.63, 3.8) is 0 Å². The van der Waals surface area contributed by atoms with Gasteiger partial charge >= 0.3 is 0 Å². The van der Waals surface area contributed by atoms with Crippen LogP contribution in [0.1, 0.15) is 16.8 Å². The van der Waals surface area contributed by atoms with Gasteiger partial charge in [-0.3, -0.25) is 9.59 Å². The molecule has 0 saturated heterocycles. The van der Waals surface area contributed by atoms with Gasteiger partial charge in [0.1, 0.15) is 0 Å². The zero-order chi connectivity index (χ0) is 15.4. The van der Waals surface area contributed by atoms with Crippen LogP contribution >= 0.6 is 0 Å². The summed E-state index contributed by atoms with van der Waals surface area (Å²) in [4.78, 5) is 26.4. The highest BCUT2D eigenvalue weighted by atomic mass is 16.5. The summed E-state index contributed by atoms with van der Waals surface area (Å²) in [5.41, 5.74) is 3.14. The summed E-state index contributed by atoms with van der Waals surface area (Å²) in [6.07, 6.45) is 1.54. The molecule has 0 fully saturated rings. The van der Waals surface area contributed by atoms with Crippen LogP contribution in [0.15, 0.2) is 35.3 Å². The molecule has 0 spiro atoms. The fraction of sp³-hybridized carbons (Fsp3) is 0.250. The van der Waals surface area contributed by atoms with Gasteiger partial charge in [-0.05, 0) is 38.0 Å². The Morgan fingerprint density at radius 1 is 1.24 bits per heavy atom. The van der Waals surface area contributed by atoms with Crippen molar-refractivity contribution in [3.8, 4) is 5.75 Å². The van der Waals surface area contributed by atoms with Gasteiger partial charge in [-0.25, -0.2) is 0 Å². The van der Waals surface area contributed by atoms with E-state index in [9.17, 15) is 9.59 Å². The first kappa shape index (κ1) is 14.8. The fourth-order valence-corrected chi connectivity index (χ4v) is 1.94. The molecule has 0 atom stereocenters. The minimum Gasteiger partial charge on any atom is -0.478 e. The lowest BCUT2D eigenvalue weighted by molar-refractivity contribution is -0.118. The molecule has 0 aliphatic carbocycles. The number of nitrogens with one attached hydrogen (secondary N) is 2. The predicted molar refractivity (Wildman–Crippen MR) is 81.8 cm³/mol. The number of carbonyl (C=O) groups excluding carboxylic acids is 1. The van der Waals surface area contributed by atoms with Crippen LogP contribution in [0.5, 0.6) is 5.75 Å². The molecule has 5 heteroatoms. The largest absolute Gasteiger partial charge is 0.478 e. The van der Waals surface area contributed by atoms with Crippen molar-refractivity contribution in [1.29, 1.82) is 0 Å². The summed E-state index contributed by atoms with van der Waals surface area (Å²) < 4.78 is 5.32. The molecule has 2 rings (SSSR count). The fourth-order valence-electron chi connectivity index (χ4n) is 1.94. The third-order valence-corrected chi connectivity index (χ3v) is 3.11. The Morgan fingerprint density at radius 2 is 2.00 bits per heavy atom. The molecule has 0 aliphatic rings. The van der Waals surface area contributed by atoms with Crippen molar-refractivity contribution < 1.29 is 9.53 Å². The second-order valence-electron chi connectivity index (χ2n) is 4.95. The zero-order valence-electron chi connectivity index (χ0n) is 12.3. The van der Waals surface area contributed by atoms with Crippen molar-refractivity contribution >= 4 is 11.6 Å². The Balaban J connectivity index is 2.03. The van der Waals surface area contributed by atoms with E-state index in [0.717, 1.165) is 16.8 Å². The highest BCUT2D eigenvalue weighted by Crippen LogP contribution is 2.16. The third kappa shape index (κ3) is 3.72. The van der Waals surface area contributed by atoms with E-state index in [1.807, 2.05) is 32.0 Å². The van der Waals surface area contributed by atoms with E-state index in [4.69, 9.17) is 4.74 Å². The van der Waals surface area contributed by atoms with Crippen LogP contribution in [-0.4, -0.2) is 17.5 Å². The first-order chi connectivity index (χ1) is 9.97. The van der Waals surface area contributed by atoms with E-state index in [1.54, 1.807) is 13.1 Å². The van der Waals surface area contributed by atoms with Crippen molar-refractivity contribution in [2.24, 2.45) is 0 Å². The van der Waals surface area contributed by atoms with Crippen LogP contribution < -0.4 is 15.5 Å². The van der Waals surface area contributed by atoms with Gasteiger partial charge < -0.3 is 15.0 Å². The maximum atomic E-state index is 11.9. The van der Waals surface area contributed by atoms with E-state index >= 15 is 0 Å². The predicted octanol–water partition coefficient (Wildman–Crippen LogP) is 2.32. The Hall–Kier alpha value is -2.56. The number of rotatable bonds is 4. The van der Waals surface area contributed by atoms with Crippen LogP contribution in [0.25, 0.3) is 0 Å². The number of anilines is 1. The molecule has 0 radical (unpaired) electrons. The van der Waals surface area contributed by atoms with E-state index < -0.39 is 0 Å². The zero-order valence-corrected chi connectivity index (χ0v) is 12.3. The van der Waals surface area contributed by atoms with Gasteiger partial charge in [-0.15, -0.1) is 0 Å². The Kier molecular flexibility index (Phi) is 4.42. The number of carbonyl (C=O) groups is 1. The Morgan fingerprint density at radius 3 is 2.71 bits per heavy atom. The van der Waals surface area contributed by atoms with Gasteiger partial charge in [0, 0.05) is 18.0 Å². The number of amides is 1. The molecule has 0 aliphatic heterocycles. The van der Waals surface area contributed by atoms with Gasteiger partial charge in [-0.1, -0.05) is 12.1 Å². The van der Waals surface area contributed by atoms with Crippen molar-refractivity contribution in [1.82, 2.24) is 4.98 Å². The molecule has 5 nitrogen and oxygen atoms in total. The maximum Gasteiger partial charge on any atom is 0.262 e. The normalized spacial score (nSPS) is 10.2. The second-order valence-corrected chi connectivity index (χ2v) is 4.95. The highest BCUT2D eigenvalue weighted by Gasteiger charge is 2.09. The van der Waals surface area contributed by atoms with E-state index in [0.29, 0.717) is 5.69 Å². The molecule has 0 bridgehead atoms. The van der Waals surface area contributed by atoms with Crippen LogP contribution in [0.4, 0.5) is 5.69 Å². The molecule has 110 valence electrons. The lowest BCUT2D eigenvalue weighted by Gasteiger charge is -2.11. The first-order valence-electron chi connectivity index (χ1n) is 6.65. The van der Waals surface area contributed by atoms with Gasteiger partial charge in [0.05, 0.1) is 5.69 Å². The monoisotopic (exact) mass is 286 g/mol. The molecule has 1 heterocycles. The lowest BCUT2D eigenvalue weighted by atomic mass is 10.1. The lowest BCUT2D eigenvalue weighted by Crippen LogP contribution is -2.23. The summed E-state index contributed by atoms with van der Waals surface area (Å²) in [6.45, 7) is 5.39. The summed E-state index contributed by atoms with van der Waals surface area (Å²) in [7, 11) is 0. The topological polar surface area (TPSA) is 71.2 Å². The molecular formula is C16H18N2O3. The molecule has 2 aromatic rings. The van der Waals surface area contributed by atoms with Crippen molar-refractivity contribution in [2.75, 3.05) is 11.9 Å². The summed E-state index contributed by atoms with van der Waals surface area (Å²) >= 11 is 0. The number of aromatic nitrogens is 1. The Labute approximate surface area is 123 Å². The highest BCUT2D eigenvalue weighted by molar-refractivity contribution is 5.92. The second kappa shape index (κ2) is 6.26. The number of benzene rings is 1. The number of ether oxygens (including phenoxy) is 1. The number of aryl methyl sites for hydroxylation is 3. The van der Waals surface area contributed by atoms with Gasteiger partial charge in [0.15, 0.2) is 12.4 Å². The molecular weight excluding hydrogens is 268 g/mol. The smallest absolute Gasteiger partial charge is 0.262 e. The number of aromatic amines is 1. The molecule has 0 unspecified atom stereocenters. The molecule has 1 aromatic carbocycles. The van der Waals surface area contributed by atoms with Crippen molar-refractivity contribution in [2.45, 2.75) is 20.8 Å². The van der Waals surface area contributed by atoms with E-state index in [-0.39, 0.29) is 23.7 Å². The summed E-state index contributed by atoms with van der Waals surface area (Å²) in [5.74, 6) is -0.125. The summed E-state index contributed by atoms with van der Waals surface area (Å²) in [5, 5.41) is 2.78. The average Bonchev–Trinajstić information content (AvgIpc) is 2.42. The van der Waals surface area contributed by atoms with Gasteiger partial charge in [-0.2, -0.15) is 0 Å². The van der Waals surface area contributed by atoms with Crippen LogP contribution in [0.2, 0.25) is 0 Å². The van der Waals surface area contributed by atoms with Crippen LogP contribution in [0.3, 0.4) is 0 Å².